The Morgan fingerprint density at radius 3 is 2.70 bits per heavy atom. The van der Waals surface area contributed by atoms with Crippen molar-refractivity contribution in [1.82, 2.24) is 0 Å². The van der Waals surface area contributed by atoms with Crippen LogP contribution >= 0.6 is 21.6 Å². The largest absolute Gasteiger partial charge is 0.405 e. The van der Waals surface area contributed by atoms with Crippen LogP contribution in [0.15, 0.2) is 23.8 Å². The first-order chi connectivity index (χ1) is 4.91. The summed E-state index contributed by atoms with van der Waals surface area (Å²) in [4.78, 5) is 0. The van der Waals surface area contributed by atoms with Crippen LogP contribution in [0.2, 0.25) is 0 Å². The molecule has 10 heavy (non-hydrogen) atoms. The second-order valence-electron chi connectivity index (χ2n) is 1.42. The van der Waals surface area contributed by atoms with Gasteiger partial charge in [-0.3, -0.25) is 0 Å². The summed E-state index contributed by atoms with van der Waals surface area (Å²) in [6.45, 7) is 0.611. The van der Waals surface area contributed by atoms with Crippen molar-refractivity contribution >= 4 is 21.6 Å². The molecule has 0 aliphatic rings. The zero-order valence-corrected chi connectivity index (χ0v) is 7.33. The van der Waals surface area contributed by atoms with Gasteiger partial charge in [0.05, 0.1) is 0 Å². The third-order valence-electron chi connectivity index (χ3n) is 0.656. The minimum absolute atomic E-state index is 0.611. The van der Waals surface area contributed by atoms with E-state index in [1.54, 1.807) is 27.8 Å². The highest BCUT2D eigenvalue weighted by Crippen LogP contribution is 2.21. The normalized spacial score (nSPS) is 11.7. The van der Waals surface area contributed by atoms with Crippen molar-refractivity contribution in [3.8, 4) is 0 Å². The quantitative estimate of drug-likeness (QED) is 0.490. The lowest BCUT2D eigenvalue weighted by molar-refractivity contribution is 1.26. The molecule has 0 bridgehead atoms. The van der Waals surface area contributed by atoms with Gasteiger partial charge in [-0.1, -0.05) is 33.7 Å². The summed E-state index contributed by atoms with van der Waals surface area (Å²) in [6, 6.07) is 0. The number of rotatable bonds is 5. The van der Waals surface area contributed by atoms with Gasteiger partial charge in [0.15, 0.2) is 0 Å². The summed E-state index contributed by atoms with van der Waals surface area (Å²) in [5.74, 6) is 0.941. The van der Waals surface area contributed by atoms with Gasteiger partial charge in [-0.05, 0) is 11.6 Å². The zero-order valence-electron chi connectivity index (χ0n) is 5.69. The van der Waals surface area contributed by atoms with Crippen molar-refractivity contribution in [2.24, 2.45) is 11.5 Å². The lowest BCUT2D eigenvalue weighted by Gasteiger charge is -1.87. The molecule has 0 aromatic rings. The predicted molar refractivity (Wildman–Crippen MR) is 51.6 cm³/mol. The molecule has 0 aromatic carbocycles. The van der Waals surface area contributed by atoms with Crippen molar-refractivity contribution in [2.75, 3.05) is 12.3 Å². The van der Waals surface area contributed by atoms with E-state index in [-0.39, 0.29) is 0 Å². The van der Waals surface area contributed by atoms with Crippen molar-refractivity contribution in [1.29, 1.82) is 0 Å². The summed E-state index contributed by atoms with van der Waals surface area (Å²) < 4.78 is 0. The van der Waals surface area contributed by atoms with E-state index in [9.17, 15) is 0 Å². The van der Waals surface area contributed by atoms with E-state index in [2.05, 4.69) is 0 Å². The second kappa shape index (κ2) is 8.94. The highest BCUT2D eigenvalue weighted by Gasteiger charge is 1.78. The molecule has 0 atom stereocenters. The second-order valence-corrected chi connectivity index (χ2v) is 3.73. The summed E-state index contributed by atoms with van der Waals surface area (Å²) >= 11 is 0. The maximum Gasteiger partial charge on any atom is 0.0237 e. The molecule has 4 heteroatoms. The van der Waals surface area contributed by atoms with E-state index in [1.807, 2.05) is 17.6 Å². The van der Waals surface area contributed by atoms with Gasteiger partial charge in [0.2, 0.25) is 0 Å². The van der Waals surface area contributed by atoms with E-state index in [4.69, 9.17) is 11.5 Å². The summed E-state index contributed by atoms with van der Waals surface area (Å²) in [5.41, 5.74) is 10.4. The van der Waals surface area contributed by atoms with Crippen LogP contribution in [0, 0.1) is 0 Å². The molecule has 0 heterocycles. The molecular formula is C6H12N2S2. The first-order valence-electron chi connectivity index (χ1n) is 2.92. The first-order valence-corrected chi connectivity index (χ1v) is 5.30. The van der Waals surface area contributed by atoms with E-state index in [0.717, 1.165) is 5.75 Å². The van der Waals surface area contributed by atoms with Crippen molar-refractivity contribution in [3.63, 3.8) is 0 Å². The van der Waals surface area contributed by atoms with Crippen molar-refractivity contribution in [3.05, 3.63) is 23.8 Å². The third kappa shape index (κ3) is 7.94. The molecule has 0 aromatic heterocycles. The topological polar surface area (TPSA) is 52.0 Å². The fourth-order valence-corrected chi connectivity index (χ4v) is 1.75. The molecule has 0 saturated heterocycles. The Balaban J connectivity index is 2.97. The lowest BCUT2D eigenvalue weighted by atomic mass is 10.7. The van der Waals surface area contributed by atoms with Gasteiger partial charge >= 0.3 is 0 Å². The van der Waals surface area contributed by atoms with Gasteiger partial charge in [-0.15, -0.1) is 0 Å². The minimum atomic E-state index is 0.611. The molecule has 0 unspecified atom stereocenters. The fraction of sp³-hybridized carbons (Fsp3) is 0.333. The van der Waals surface area contributed by atoms with Crippen LogP contribution in [0.5, 0.6) is 0 Å². The van der Waals surface area contributed by atoms with Gasteiger partial charge in [0.1, 0.15) is 0 Å². The standard InChI is InChI=1S/C6H12N2S2/c7-3-1-5-9-10-6-2-4-8/h1-3,6H,4-5,7-8H2. The predicted octanol–water partition coefficient (Wildman–Crippen LogP) is 1.31. The minimum Gasteiger partial charge on any atom is -0.405 e. The number of nitrogens with two attached hydrogens (primary N) is 2. The van der Waals surface area contributed by atoms with Crippen LogP contribution in [0.25, 0.3) is 0 Å². The highest BCUT2D eigenvalue weighted by atomic mass is 33.1. The molecule has 0 aliphatic carbocycles. The van der Waals surface area contributed by atoms with E-state index < -0.39 is 0 Å². The van der Waals surface area contributed by atoms with Crippen LogP contribution in [0.4, 0.5) is 0 Å². The Morgan fingerprint density at radius 1 is 1.30 bits per heavy atom. The Morgan fingerprint density at radius 2 is 2.10 bits per heavy atom. The van der Waals surface area contributed by atoms with Crippen LogP contribution in [-0.4, -0.2) is 12.3 Å². The van der Waals surface area contributed by atoms with Crippen LogP contribution in [0.3, 0.4) is 0 Å². The number of hydrogen-bond donors (Lipinski definition) is 2. The highest BCUT2D eigenvalue weighted by molar-refractivity contribution is 8.77. The molecule has 0 radical (unpaired) electrons. The average Bonchev–Trinajstić information content (AvgIpc) is 1.97. The van der Waals surface area contributed by atoms with Crippen LogP contribution < -0.4 is 11.5 Å². The molecule has 2 nitrogen and oxygen atoms in total. The average molecular weight is 176 g/mol. The van der Waals surface area contributed by atoms with Crippen LogP contribution in [-0.2, 0) is 0 Å². The zero-order chi connectivity index (χ0) is 7.66. The van der Waals surface area contributed by atoms with Crippen molar-refractivity contribution in [2.45, 2.75) is 0 Å². The van der Waals surface area contributed by atoms with Gasteiger partial charge < -0.3 is 11.5 Å². The molecule has 0 rings (SSSR count). The molecule has 0 fully saturated rings. The Labute approximate surface area is 69.5 Å². The smallest absolute Gasteiger partial charge is 0.0237 e. The SMILES string of the molecule is NC=CCSSC=CCN. The Hall–Kier alpha value is -0.0600. The Bertz CT molecular complexity index is 112. The monoisotopic (exact) mass is 176 g/mol. The summed E-state index contributed by atoms with van der Waals surface area (Å²) in [5, 5.41) is 1.98. The van der Waals surface area contributed by atoms with Crippen molar-refractivity contribution < 1.29 is 0 Å². The summed E-state index contributed by atoms with van der Waals surface area (Å²) in [7, 11) is 3.39. The molecule has 58 valence electrons. The third-order valence-corrected chi connectivity index (χ3v) is 2.57. The Kier molecular flexibility index (Phi) is 8.89. The maximum atomic E-state index is 5.23. The van der Waals surface area contributed by atoms with E-state index in [1.165, 1.54) is 0 Å². The molecule has 0 spiro atoms. The van der Waals surface area contributed by atoms with Gasteiger partial charge in [0, 0.05) is 12.3 Å². The number of hydrogen-bond acceptors (Lipinski definition) is 4. The first kappa shape index (κ1) is 9.94. The molecular weight excluding hydrogens is 164 g/mol. The lowest BCUT2D eigenvalue weighted by Crippen LogP contribution is -1.91. The van der Waals surface area contributed by atoms with E-state index in [0.29, 0.717) is 6.54 Å². The molecule has 0 saturated carbocycles. The summed E-state index contributed by atoms with van der Waals surface area (Å²) in [6.07, 6.45) is 5.39. The molecule has 0 amide bonds. The van der Waals surface area contributed by atoms with E-state index >= 15 is 0 Å². The fourth-order valence-electron chi connectivity index (χ4n) is 0.268. The van der Waals surface area contributed by atoms with Gasteiger partial charge in [-0.25, -0.2) is 0 Å². The van der Waals surface area contributed by atoms with Gasteiger partial charge in [-0.2, -0.15) is 0 Å². The molecule has 0 aliphatic heterocycles. The van der Waals surface area contributed by atoms with Gasteiger partial charge in [0.25, 0.3) is 0 Å². The maximum absolute atomic E-state index is 5.23. The van der Waals surface area contributed by atoms with Crippen LogP contribution in [0.1, 0.15) is 0 Å². The molecule has 4 N–H and O–H groups in total.